The van der Waals surface area contributed by atoms with Crippen LogP contribution in [0.5, 0.6) is 0 Å². The van der Waals surface area contributed by atoms with E-state index in [1.54, 1.807) is 0 Å². The summed E-state index contributed by atoms with van der Waals surface area (Å²) in [5, 5.41) is 0. The van der Waals surface area contributed by atoms with Crippen molar-refractivity contribution >= 4 is 28.0 Å². The third-order valence-corrected chi connectivity index (χ3v) is 9.08. The Hall–Kier alpha value is -6.42. The van der Waals surface area contributed by atoms with Crippen molar-refractivity contribution in [3.8, 4) is 0 Å². The molecule has 0 radical (unpaired) electrons. The van der Waals surface area contributed by atoms with E-state index in [9.17, 15) is 52.7 Å². The molecule has 5 aromatic carbocycles. The van der Waals surface area contributed by atoms with Crippen molar-refractivity contribution in [3.05, 3.63) is 189 Å². The molecular weight excluding hydrogens is 875 g/mol. The molecule has 23 heteroatoms. The fourth-order valence-electron chi connectivity index (χ4n) is 6.50. The summed E-state index contributed by atoms with van der Waals surface area (Å²) in [5.74, 6) is -71.4. The van der Waals surface area contributed by atoms with Crippen LogP contribution in [0.4, 0.5) is 87.8 Å². The zero-order valence-corrected chi connectivity index (χ0v) is 29.3. The van der Waals surface area contributed by atoms with E-state index in [4.69, 9.17) is 0 Å². The van der Waals surface area contributed by atoms with E-state index in [2.05, 4.69) is 46.6 Å². The van der Waals surface area contributed by atoms with Crippen LogP contribution >= 0.6 is 0 Å². The van der Waals surface area contributed by atoms with Crippen LogP contribution in [0.15, 0.2) is 61.6 Å². The number of rotatable bonds is 8. The van der Waals surface area contributed by atoms with Crippen LogP contribution in [0, 0.1) is 116 Å². The first-order chi connectivity index (χ1) is 28.6. The van der Waals surface area contributed by atoms with Crippen LogP contribution in [0.2, 0.25) is 0 Å². The smallest absolute Gasteiger partial charge is 0.200 e. The Labute approximate surface area is 327 Å². The molecule has 0 aliphatic heterocycles. The van der Waals surface area contributed by atoms with E-state index < -0.39 is 144 Å². The summed E-state index contributed by atoms with van der Waals surface area (Å²) in [6.45, 7) is 4.60. The fourth-order valence-corrected chi connectivity index (χ4v) is 6.50. The Balaban J connectivity index is 0.000000366. The standard InChI is InChI=1S/C24BF20.C14H15N2/c26-5-1(6(27)14(35)21(42)13(5)34)25(2-7(28)15(36)22(43)16(37)8(2)29,3-9(30)17(38)23(44)18(39)10(3)31)4-11(32)19(40)24(45)20(41)12(4)33;1-2-6-14-12-16(10-9-15-14)11-13-7-4-3-5-8-13/h;2-5,7-10,12H,1,6,11H2/q-1;+1. The first kappa shape index (κ1) is 45.7. The Morgan fingerprint density at radius 3 is 0.984 bits per heavy atom. The molecule has 0 unspecified atom stereocenters. The molecule has 0 amide bonds. The molecule has 1 heterocycles. The number of hydrogen-bond donors (Lipinski definition) is 0. The second-order valence-corrected chi connectivity index (χ2v) is 12.5. The van der Waals surface area contributed by atoms with Gasteiger partial charge in [-0.25, -0.2) is 92.8 Å². The fraction of sp³-hybridized carbons (Fsp3) is 0.0526. The van der Waals surface area contributed by atoms with Gasteiger partial charge in [-0.15, -0.1) is 28.4 Å². The monoisotopic (exact) mass is 890 g/mol. The van der Waals surface area contributed by atoms with E-state index >= 15 is 35.1 Å². The molecule has 0 spiro atoms. The van der Waals surface area contributed by atoms with Crippen molar-refractivity contribution in [3.63, 3.8) is 0 Å². The maximum absolute atomic E-state index is 15.4. The Morgan fingerprint density at radius 2 is 0.705 bits per heavy atom. The molecule has 0 saturated carbocycles. The second-order valence-electron chi connectivity index (χ2n) is 12.5. The average molecular weight is 890 g/mol. The van der Waals surface area contributed by atoms with E-state index in [1.165, 1.54) is 5.56 Å². The van der Waals surface area contributed by atoms with Gasteiger partial charge in [0.25, 0.3) is 0 Å². The van der Waals surface area contributed by atoms with Gasteiger partial charge in [0, 0.05) is 12.0 Å². The van der Waals surface area contributed by atoms with Crippen LogP contribution in [0.1, 0.15) is 11.3 Å². The third-order valence-electron chi connectivity index (χ3n) is 9.08. The quantitative estimate of drug-likeness (QED) is 0.0379. The molecule has 1 aromatic heterocycles. The van der Waals surface area contributed by atoms with E-state index in [-0.39, 0.29) is 0 Å². The molecule has 0 bridgehead atoms. The summed E-state index contributed by atoms with van der Waals surface area (Å²) in [6.07, 6.45) is 1.35. The van der Waals surface area contributed by atoms with Crippen molar-refractivity contribution in [1.29, 1.82) is 0 Å². The maximum atomic E-state index is 15.4. The Kier molecular flexibility index (Phi) is 12.9. The Bertz CT molecular complexity index is 2350. The van der Waals surface area contributed by atoms with Crippen LogP contribution in [0.25, 0.3) is 0 Å². The summed E-state index contributed by atoms with van der Waals surface area (Å²) in [7, 11) is 0. The maximum Gasteiger partial charge on any atom is 0.200 e. The van der Waals surface area contributed by atoms with E-state index in [1.807, 2.05) is 24.5 Å². The summed E-state index contributed by atoms with van der Waals surface area (Å²) in [5.41, 5.74) is -12.0. The Morgan fingerprint density at radius 1 is 0.426 bits per heavy atom. The van der Waals surface area contributed by atoms with Gasteiger partial charge in [0.05, 0.1) is 6.20 Å². The largest absolute Gasteiger partial charge is 0.248 e. The van der Waals surface area contributed by atoms with Gasteiger partial charge in [-0.1, -0.05) is 36.4 Å². The predicted molar refractivity (Wildman–Crippen MR) is 173 cm³/mol. The van der Waals surface area contributed by atoms with Gasteiger partial charge in [-0.3, -0.25) is 0 Å². The lowest BCUT2D eigenvalue weighted by molar-refractivity contribution is -0.689. The SMILES string of the molecule is C=CCc1c[n+](Cc2ccccc2)ccn1.Fc1c(F)c(F)c([B-](c2c(F)c(F)c(F)c(F)c2F)(c2c(F)c(F)c(F)c(F)c2F)c2c(F)c(F)c(F)c(F)c2F)c(F)c1F. The van der Waals surface area contributed by atoms with E-state index in [0.717, 1.165) is 18.7 Å². The molecule has 0 atom stereocenters. The molecule has 61 heavy (non-hydrogen) atoms. The average Bonchev–Trinajstić information content (AvgIpc) is 3.24. The zero-order chi connectivity index (χ0) is 45.6. The molecule has 0 N–H and O–H groups in total. The normalized spacial score (nSPS) is 11.5. The second kappa shape index (κ2) is 17.3. The van der Waals surface area contributed by atoms with Crippen molar-refractivity contribution < 1.29 is 92.4 Å². The molecule has 2 nitrogen and oxygen atoms in total. The third kappa shape index (κ3) is 7.42. The minimum absolute atomic E-state index is 0.815. The molecule has 0 aliphatic rings. The van der Waals surface area contributed by atoms with Gasteiger partial charge in [-0.2, -0.15) is 4.57 Å². The van der Waals surface area contributed by atoms with Gasteiger partial charge in [-0.05, 0) is 0 Å². The molecule has 6 rings (SSSR count). The first-order valence-corrected chi connectivity index (χ1v) is 16.3. The summed E-state index contributed by atoms with van der Waals surface area (Å²) in [6, 6.07) is 10.4. The van der Waals surface area contributed by atoms with Gasteiger partial charge in [0.1, 0.15) is 58.4 Å². The molecule has 0 fully saturated rings. The number of allylic oxidation sites excluding steroid dienone is 1. The number of benzene rings is 5. The van der Waals surface area contributed by atoms with Crippen molar-refractivity contribution in [2.24, 2.45) is 0 Å². The minimum atomic E-state index is -7.22. The van der Waals surface area contributed by atoms with E-state index in [0.29, 0.717) is 0 Å². The molecular formula is C38H15BF20N2. The molecule has 6 aromatic rings. The van der Waals surface area contributed by atoms with Crippen molar-refractivity contribution in [2.75, 3.05) is 0 Å². The summed E-state index contributed by atoms with van der Waals surface area (Å²) in [4.78, 5) is 4.28. The van der Waals surface area contributed by atoms with Crippen LogP contribution in [-0.2, 0) is 13.0 Å². The molecule has 0 saturated heterocycles. The first-order valence-electron chi connectivity index (χ1n) is 16.3. The highest BCUT2D eigenvalue weighted by atomic mass is 19.2. The van der Waals surface area contributed by atoms with Crippen LogP contribution in [0.3, 0.4) is 0 Å². The number of halogens is 20. The lowest BCUT2D eigenvalue weighted by Gasteiger charge is -2.44. The van der Waals surface area contributed by atoms with Gasteiger partial charge in [0.2, 0.25) is 0 Å². The predicted octanol–water partition coefficient (Wildman–Crippen LogP) is 7.99. The van der Waals surface area contributed by atoms with Crippen molar-refractivity contribution in [2.45, 2.75) is 13.0 Å². The lowest BCUT2D eigenvalue weighted by atomic mass is 9.12. The highest BCUT2D eigenvalue weighted by Crippen LogP contribution is 2.30. The van der Waals surface area contributed by atoms with Crippen molar-refractivity contribution in [1.82, 2.24) is 4.98 Å². The highest BCUT2D eigenvalue weighted by Gasteiger charge is 2.52. The number of nitrogens with zero attached hydrogens (tertiary/aromatic N) is 2. The number of hydrogen-bond acceptors (Lipinski definition) is 1. The zero-order valence-electron chi connectivity index (χ0n) is 29.3. The van der Waals surface area contributed by atoms with Gasteiger partial charge < -0.3 is 0 Å². The summed E-state index contributed by atoms with van der Waals surface area (Å²) < 4.78 is 296. The highest BCUT2D eigenvalue weighted by molar-refractivity contribution is 7.20. The number of aromatic nitrogens is 2. The molecule has 320 valence electrons. The van der Waals surface area contributed by atoms with Crippen LogP contribution in [-0.4, -0.2) is 11.1 Å². The van der Waals surface area contributed by atoms with Crippen LogP contribution < -0.4 is 26.4 Å². The summed E-state index contributed by atoms with van der Waals surface area (Å²) >= 11 is 0. The lowest BCUT2D eigenvalue weighted by Crippen LogP contribution is -2.81. The van der Waals surface area contributed by atoms with Gasteiger partial charge in [0.15, 0.2) is 88.7 Å². The minimum Gasteiger partial charge on any atom is -0.248 e. The topological polar surface area (TPSA) is 16.8 Å². The van der Waals surface area contributed by atoms with Gasteiger partial charge >= 0.3 is 0 Å². The molecule has 0 aliphatic carbocycles.